The number of aromatic nitrogens is 1. The van der Waals surface area contributed by atoms with Gasteiger partial charge in [-0.3, -0.25) is 10.1 Å². The second-order valence-electron chi connectivity index (χ2n) is 6.51. The third-order valence-electron chi connectivity index (χ3n) is 3.35. The van der Waals surface area contributed by atoms with Gasteiger partial charge in [-0.2, -0.15) is 0 Å². The van der Waals surface area contributed by atoms with Crippen LogP contribution in [0.25, 0.3) is 10.9 Å². The second-order valence-corrected chi connectivity index (χ2v) is 7.07. The van der Waals surface area contributed by atoms with Crippen LogP contribution in [0.1, 0.15) is 43.7 Å². The number of nitro groups is 1. The maximum Gasteiger partial charge on any atom is 0.419 e. The lowest BCUT2D eigenvalue weighted by molar-refractivity contribution is -0.383. The van der Waals surface area contributed by atoms with Gasteiger partial charge in [0.1, 0.15) is 16.8 Å². The van der Waals surface area contributed by atoms with Crippen molar-refractivity contribution in [3.05, 3.63) is 39.6 Å². The number of non-ortho nitro benzene ring substituents is 1. The van der Waals surface area contributed by atoms with Crippen molar-refractivity contribution in [1.82, 2.24) is 4.57 Å². The number of hydrogen-bond acceptors (Lipinski definition) is 6. The first kappa shape index (κ1) is 19.9. The highest BCUT2D eigenvalue weighted by Crippen LogP contribution is 2.32. The Morgan fingerprint density at radius 1 is 1.27 bits per heavy atom. The molecular weight excluding hydrogens is 408 g/mol. The largest absolute Gasteiger partial charge is 0.461 e. The van der Waals surface area contributed by atoms with Gasteiger partial charge in [-0.15, -0.1) is 0 Å². The Morgan fingerprint density at radius 3 is 2.42 bits per heavy atom. The van der Waals surface area contributed by atoms with Crippen LogP contribution in [0.4, 0.5) is 10.5 Å². The number of carbonyl (C=O) groups is 2. The number of esters is 1. The van der Waals surface area contributed by atoms with Gasteiger partial charge >= 0.3 is 12.1 Å². The van der Waals surface area contributed by atoms with Gasteiger partial charge in [0.2, 0.25) is 0 Å². The topological polar surface area (TPSA) is 101 Å². The van der Waals surface area contributed by atoms with E-state index in [9.17, 15) is 19.7 Å². The fourth-order valence-electron chi connectivity index (χ4n) is 2.46. The van der Waals surface area contributed by atoms with Crippen LogP contribution in [0.2, 0.25) is 0 Å². The van der Waals surface area contributed by atoms with E-state index < -0.39 is 22.6 Å². The molecule has 0 saturated heterocycles. The van der Waals surface area contributed by atoms with Crippen LogP contribution in [0, 0.1) is 10.1 Å². The van der Waals surface area contributed by atoms with E-state index in [1.165, 1.54) is 12.1 Å². The number of halogens is 1. The zero-order valence-electron chi connectivity index (χ0n) is 14.9. The number of nitro benzene ring substituents is 1. The molecule has 1 aromatic carbocycles. The summed E-state index contributed by atoms with van der Waals surface area (Å²) in [6, 6.07) is 4.42. The molecule has 0 spiro atoms. The summed E-state index contributed by atoms with van der Waals surface area (Å²) in [6.45, 7) is 6.72. The molecule has 8 nitrogen and oxygen atoms in total. The van der Waals surface area contributed by atoms with Crippen molar-refractivity contribution in [2.45, 2.75) is 38.6 Å². The maximum absolute atomic E-state index is 12.7. The number of hydrogen-bond donors (Lipinski definition) is 0. The van der Waals surface area contributed by atoms with E-state index in [-0.39, 0.29) is 23.5 Å². The van der Waals surface area contributed by atoms with E-state index in [0.717, 1.165) is 4.57 Å². The number of rotatable bonds is 4. The predicted octanol–water partition coefficient (Wildman–Crippen LogP) is 4.40. The molecule has 2 aromatic rings. The van der Waals surface area contributed by atoms with Gasteiger partial charge in [0.05, 0.1) is 11.5 Å². The summed E-state index contributed by atoms with van der Waals surface area (Å²) in [6.07, 6.45) is -0.884. The first-order chi connectivity index (χ1) is 12.1. The zero-order valence-corrected chi connectivity index (χ0v) is 16.5. The average molecular weight is 427 g/mol. The van der Waals surface area contributed by atoms with Crippen molar-refractivity contribution < 1.29 is 24.0 Å². The van der Waals surface area contributed by atoms with Crippen molar-refractivity contribution in [1.29, 1.82) is 0 Å². The van der Waals surface area contributed by atoms with Crippen LogP contribution < -0.4 is 0 Å². The molecule has 0 aliphatic rings. The molecule has 1 heterocycles. The Bertz CT molecular complexity index is 881. The molecule has 0 bridgehead atoms. The summed E-state index contributed by atoms with van der Waals surface area (Å²) in [7, 11) is 0. The Morgan fingerprint density at radius 2 is 1.92 bits per heavy atom. The Labute approximate surface area is 158 Å². The molecule has 0 radical (unpaired) electrons. The molecular formula is C17H19BrN2O6. The number of alkyl halides is 1. The molecule has 0 aliphatic heterocycles. The number of ether oxygens (including phenoxy) is 2. The minimum atomic E-state index is -0.884. The average Bonchev–Trinajstić information content (AvgIpc) is 2.91. The minimum absolute atomic E-state index is 0.00277. The lowest BCUT2D eigenvalue weighted by Gasteiger charge is -2.20. The Balaban J connectivity index is 2.82. The molecule has 9 heteroatoms. The summed E-state index contributed by atoms with van der Waals surface area (Å²) in [4.78, 5) is 36.0. The van der Waals surface area contributed by atoms with E-state index in [4.69, 9.17) is 9.47 Å². The fraction of sp³-hybridized carbons (Fsp3) is 0.412. The van der Waals surface area contributed by atoms with Gasteiger partial charge in [-0.1, -0.05) is 15.9 Å². The SMILES string of the molecule is CCOC(=O)c1cc2cc(CBr)cc([N+](=O)[O-])c2n1C(=O)OC(C)(C)C. The second kappa shape index (κ2) is 7.45. The molecule has 0 fully saturated rings. The van der Waals surface area contributed by atoms with Gasteiger partial charge in [0.25, 0.3) is 5.69 Å². The summed E-state index contributed by atoms with van der Waals surface area (Å²) in [5.74, 6) is -0.760. The number of nitrogens with zero attached hydrogens (tertiary/aromatic N) is 2. The molecule has 0 unspecified atom stereocenters. The van der Waals surface area contributed by atoms with E-state index in [1.54, 1.807) is 33.8 Å². The predicted molar refractivity (Wildman–Crippen MR) is 98.8 cm³/mol. The van der Waals surface area contributed by atoms with Gasteiger partial charge in [-0.05, 0) is 45.4 Å². The third kappa shape index (κ3) is 4.04. The smallest absolute Gasteiger partial charge is 0.419 e. The van der Waals surface area contributed by atoms with E-state index in [1.807, 2.05) is 0 Å². The number of fused-ring (bicyclic) bond motifs is 1. The Kier molecular flexibility index (Phi) is 5.70. The summed E-state index contributed by atoms with van der Waals surface area (Å²) in [5, 5.41) is 12.3. The minimum Gasteiger partial charge on any atom is -0.461 e. The molecule has 0 amide bonds. The number of benzene rings is 1. The van der Waals surface area contributed by atoms with Crippen LogP contribution in [-0.2, 0) is 14.8 Å². The molecule has 0 N–H and O–H groups in total. The van der Waals surface area contributed by atoms with Crippen LogP contribution in [-0.4, -0.2) is 33.8 Å². The van der Waals surface area contributed by atoms with Crippen LogP contribution in [0.5, 0.6) is 0 Å². The summed E-state index contributed by atoms with van der Waals surface area (Å²) in [5.41, 5.74) is -0.619. The molecule has 26 heavy (non-hydrogen) atoms. The van der Waals surface area contributed by atoms with E-state index in [0.29, 0.717) is 16.3 Å². The summed E-state index contributed by atoms with van der Waals surface area (Å²) >= 11 is 3.26. The quantitative estimate of drug-likeness (QED) is 0.310. The van der Waals surface area contributed by atoms with E-state index >= 15 is 0 Å². The van der Waals surface area contributed by atoms with Crippen LogP contribution in [0.3, 0.4) is 0 Å². The van der Waals surface area contributed by atoms with Gasteiger partial charge in [-0.25, -0.2) is 14.2 Å². The first-order valence-electron chi connectivity index (χ1n) is 7.88. The molecule has 0 saturated carbocycles. The van der Waals surface area contributed by atoms with Gasteiger partial charge < -0.3 is 9.47 Å². The third-order valence-corrected chi connectivity index (χ3v) is 3.99. The van der Waals surface area contributed by atoms with Gasteiger partial charge in [0.15, 0.2) is 0 Å². The standard InChI is InChI=1S/C17H19BrN2O6/c1-5-25-15(21)13-8-11-6-10(9-18)7-12(20(23)24)14(11)19(13)16(22)26-17(2,3)4/h6-8H,5,9H2,1-4H3. The van der Waals surface area contributed by atoms with E-state index in [2.05, 4.69) is 15.9 Å². The zero-order chi connectivity index (χ0) is 19.6. The molecule has 0 aliphatic carbocycles. The summed E-state index contributed by atoms with van der Waals surface area (Å²) < 4.78 is 11.2. The van der Waals surface area contributed by atoms with Crippen LogP contribution in [0.15, 0.2) is 18.2 Å². The molecule has 1 aromatic heterocycles. The van der Waals surface area contributed by atoms with Crippen molar-refractivity contribution in [2.24, 2.45) is 0 Å². The first-order valence-corrected chi connectivity index (χ1v) is 9.00. The molecule has 0 atom stereocenters. The monoisotopic (exact) mass is 426 g/mol. The lowest BCUT2D eigenvalue weighted by Crippen LogP contribution is -2.29. The highest BCUT2D eigenvalue weighted by atomic mass is 79.9. The number of carbonyl (C=O) groups excluding carboxylic acids is 2. The fourth-order valence-corrected chi connectivity index (χ4v) is 2.78. The molecule has 2 rings (SSSR count). The highest BCUT2D eigenvalue weighted by Gasteiger charge is 2.30. The van der Waals surface area contributed by atoms with Gasteiger partial charge in [0, 0.05) is 16.8 Å². The van der Waals surface area contributed by atoms with Crippen molar-refractivity contribution in [3.8, 4) is 0 Å². The lowest BCUT2D eigenvalue weighted by atomic mass is 10.1. The normalized spacial score (nSPS) is 11.4. The van der Waals surface area contributed by atoms with Crippen molar-refractivity contribution >= 4 is 44.6 Å². The highest BCUT2D eigenvalue weighted by molar-refractivity contribution is 9.08. The van der Waals surface area contributed by atoms with Crippen molar-refractivity contribution in [2.75, 3.05) is 6.61 Å². The van der Waals surface area contributed by atoms with Crippen molar-refractivity contribution in [3.63, 3.8) is 0 Å². The Hall–Kier alpha value is -2.42. The maximum atomic E-state index is 12.7. The molecule has 140 valence electrons. The van der Waals surface area contributed by atoms with Crippen LogP contribution >= 0.6 is 15.9 Å².